The van der Waals surface area contributed by atoms with Crippen LogP contribution in [-0.4, -0.2) is 11.7 Å². The number of nitrogens with zero attached hydrogens (tertiary/aromatic N) is 1. The number of aryl methyl sites for hydroxylation is 1. The average Bonchev–Trinajstić information content (AvgIpc) is 3.46. The third-order valence-corrected chi connectivity index (χ3v) is 8.73. The van der Waals surface area contributed by atoms with E-state index in [1.54, 1.807) is 18.4 Å². The van der Waals surface area contributed by atoms with Gasteiger partial charge in [-0.3, -0.25) is 4.79 Å². The Morgan fingerprint density at radius 2 is 1.50 bits per heavy atom. The van der Waals surface area contributed by atoms with Gasteiger partial charge in [-0.1, -0.05) is 35.9 Å². The first-order valence-corrected chi connectivity index (χ1v) is 13.3. The number of aromatic nitrogens is 1. The second kappa shape index (κ2) is 7.70. The summed E-state index contributed by atoms with van der Waals surface area (Å²) in [4.78, 5) is 13.3. The maximum atomic E-state index is 13.3. The van der Waals surface area contributed by atoms with E-state index in [2.05, 4.69) is 60.0 Å². The van der Waals surface area contributed by atoms with Crippen molar-refractivity contribution in [2.24, 2.45) is 0 Å². The number of fused-ring (bicyclic) bond motifs is 8. The van der Waals surface area contributed by atoms with E-state index in [-0.39, 0.29) is 5.43 Å². The number of benzene rings is 5. The molecule has 0 N–H and O–H groups in total. The maximum absolute atomic E-state index is 13.3. The van der Waals surface area contributed by atoms with Crippen molar-refractivity contribution < 1.29 is 9.15 Å². The lowest BCUT2D eigenvalue weighted by atomic mass is 10.1. The molecule has 38 heavy (non-hydrogen) atoms. The largest absolute Gasteiger partial charge is 0.497 e. The van der Waals surface area contributed by atoms with Crippen molar-refractivity contribution in [1.29, 1.82) is 0 Å². The smallest absolute Gasteiger partial charge is 0.200 e. The fourth-order valence-electron chi connectivity index (χ4n) is 5.76. The van der Waals surface area contributed by atoms with E-state index < -0.39 is 0 Å². The highest BCUT2D eigenvalue weighted by Crippen LogP contribution is 2.42. The van der Waals surface area contributed by atoms with Gasteiger partial charge in [0.05, 0.1) is 39.3 Å². The molecule has 0 aliphatic heterocycles. The van der Waals surface area contributed by atoms with Crippen molar-refractivity contribution in [3.8, 4) is 11.4 Å². The second-order valence-electron chi connectivity index (χ2n) is 9.77. The van der Waals surface area contributed by atoms with E-state index in [4.69, 9.17) is 9.15 Å². The molecule has 0 atom stereocenters. The van der Waals surface area contributed by atoms with Gasteiger partial charge in [-0.05, 0) is 67.6 Å². The summed E-state index contributed by atoms with van der Waals surface area (Å²) in [6.07, 6.45) is 0. The fourth-order valence-corrected chi connectivity index (χ4v) is 6.97. The van der Waals surface area contributed by atoms with E-state index in [9.17, 15) is 4.79 Å². The summed E-state index contributed by atoms with van der Waals surface area (Å²) in [5.74, 6) is 0.842. The first-order chi connectivity index (χ1) is 18.6. The Morgan fingerprint density at radius 3 is 2.37 bits per heavy atom. The van der Waals surface area contributed by atoms with Crippen molar-refractivity contribution >= 4 is 75.3 Å². The van der Waals surface area contributed by atoms with E-state index in [0.717, 1.165) is 43.3 Å². The lowest BCUT2D eigenvalue weighted by Gasteiger charge is -2.09. The van der Waals surface area contributed by atoms with Gasteiger partial charge in [-0.15, -0.1) is 11.3 Å². The van der Waals surface area contributed by atoms with Crippen LogP contribution in [0.25, 0.3) is 69.6 Å². The highest BCUT2D eigenvalue weighted by atomic mass is 32.1. The Kier molecular flexibility index (Phi) is 4.35. The molecule has 4 nitrogen and oxygen atoms in total. The first kappa shape index (κ1) is 21.5. The molecular formula is C33H21NO3S. The van der Waals surface area contributed by atoms with Gasteiger partial charge >= 0.3 is 0 Å². The minimum Gasteiger partial charge on any atom is -0.497 e. The predicted octanol–water partition coefficient (Wildman–Crippen LogP) is 8.73. The Labute approximate surface area is 220 Å². The molecule has 5 aromatic carbocycles. The summed E-state index contributed by atoms with van der Waals surface area (Å²) in [7, 11) is 1.70. The third-order valence-electron chi connectivity index (χ3n) is 7.54. The number of rotatable bonds is 2. The maximum Gasteiger partial charge on any atom is 0.200 e. The zero-order valence-electron chi connectivity index (χ0n) is 20.7. The van der Waals surface area contributed by atoms with E-state index in [1.807, 2.05) is 42.5 Å². The van der Waals surface area contributed by atoms with Gasteiger partial charge in [-0.2, -0.15) is 0 Å². The summed E-state index contributed by atoms with van der Waals surface area (Å²) in [6, 6.07) is 30.8. The Balaban J connectivity index is 1.49. The lowest BCUT2D eigenvalue weighted by molar-refractivity contribution is 0.415. The zero-order chi connectivity index (χ0) is 25.5. The van der Waals surface area contributed by atoms with Crippen molar-refractivity contribution in [2.75, 3.05) is 7.11 Å². The van der Waals surface area contributed by atoms with Crippen LogP contribution in [0.3, 0.4) is 0 Å². The van der Waals surface area contributed by atoms with Gasteiger partial charge in [-0.25, -0.2) is 0 Å². The molecule has 8 aromatic rings. The quantitative estimate of drug-likeness (QED) is 0.218. The number of ether oxygens (including phenoxy) is 1. The standard InChI is InChI=1S/C33H21NO3S/c1-18-10-12-26-22(14-18)23-15-19(36-2)11-13-27(23)34(26)28-8-5-7-20-24-16-25-30(17-31(24)38-33(20)28)37-29-9-4-3-6-21(29)32(25)35/h3-17H,1-2H3. The molecule has 0 unspecified atom stereocenters. The average molecular weight is 512 g/mol. The van der Waals surface area contributed by atoms with Crippen LogP contribution in [-0.2, 0) is 0 Å². The highest BCUT2D eigenvalue weighted by Gasteiger charge is 2.18. The molecule has 0 fully saturated rings. The molecule has 0 spiro atoms. The van der Waals surface area contributed by atoms with Crippen LogP contribution >= 0.6 is 11.3 Å². The van der Waals surface area contributed by atoms with Crippen LogP contribution in [0.1, 0.15) is 5.56 Å². The van der Waals surface area contributed by atoms with Crippen LogP contribution in [0.15, 0.2) is 100 Å². The molecule has 3 heterocycles. The number of hydrogen-bond acceptors (Lipinski definition) is 4. The lowest BCUT2D eigenvalue weighted by Crippen LogP contribution is -2.01. The van der Waals surface area contributed by atoms with Gasteiger partial charge < -0.3 is 13.7 Å². The van der Waals surface area contributed by atoms with Gasteiger partial charge in [0.25, 0.3) is 0 Å². The normalized spacial score (nSPS) is 12.1. The Hall–Kier alpha value is -4.61. The monoisotopic (exact) mass is 511 g/mol. The first-order valence-electron chi connectivity index (χ1n) is 12.5. The summed E-state index contributed by atoms with van der Waals surface area (Å²) < 4.78 is 16.3. The SMILES string of the molecule is COc1ccc2c(c1)c1cc(C)ccc1n2-c1cccc2c1sc1cc3oc4ccccc4c(=O)c3cc12. The van der Waals surface area contributed by atoms with Gasteiger partial charge in [0.15, 0.2) is 0 Å². The van der Waals surface area contributed by atoms with Crippen LogP contribution in [0.4, 0.5) is 0 Å². The summed E-state index contributed by atoms with van der Waals surface area (Å²) in [6.45, 7) is 2.12. The molecule has 0 saturated carbocycles. The minimum atomic E-state index is 0.00553. The van der Waals surface area contributed by atoms with Gasteiger partial charge in [0, 0.05) is 26.2 Å². The van der Waals surface area contributed by atoms with Crippen LogP contribution in [0, 0.1) is 6.92 Å². The molecule has 0 bridgehead atoms. The number of thiophene rings is 1. The topological polar surface area (TPSA) is 44.4 Å². The van der Waals surface area contributed by atoms with Crippen LogP contribution in [0.5, 0.6) is 5.75 Å². The molecule has 0 radical (unpaired) electrons. The molecular weight excluding hydrogens is 490 g/mol. The highest BCUT2D eigenvalue weighted by molar-refractivity contribution is 7.26. The number of methoxy groups -OCH3 is 1. The van der Waals surface area contributed by atoms with Crippen molar-refractivity contribution in [1.82, 2.24) is 4.57 Å². The van der Waals surface area contributed by atoms with E-state index in [0.29, 0.717) is 21.9 Å². The molecule has 0 aliphatic carbocycles. The van der Waals surface area contributed by atoms with Crippen molar-refractivity contribution in [2.45, 2.75) is 6.92 Å². The molecule has 0 aliphatic rings. The van der Waals surface area contributed by atoms with E-state index in [1.165, 1.54) is 15.6 Å². The third kappa shape index (κ3) is 2.88. The summed E-state index contributed by atoms with van der Waals surface area (Å²) in [5, 5.41) is 5.78. The summed E-state index contributed by atoms with van der Waals surface area (Å²) in [5.41, 5.74) is 5.85. The molecule has 182 valence electrons. The molecule has 8 rings (SSSR count). The van der Waals surface area contributed by atoms with Crippen molar-refractivity contribution in [3.05, 3.63) is 107 Å². The van der Waals surface area contributed by atoms with E-state index >= 15 is 0 Å². The Bertz CT molecular complexity index is 2320. The predicted molar refractivity (Wildman–Crippen MR) is 159 cm³/mol. The zero-order valence-corrected chi connectivity index (χ0v) is 21.6. The second-order valence-corrected chi connectivity index (χ2v) is 10.8. The van der Waals surface area contributed by atoms with Gasteiger partial charge in [0.1, 0.15) is 16.9 Å². The van der Waals surface area contributed by atoms with Crippen molar-refractivity contribution in [3.63, 3.8) is 0 Å². The minimum absolute atomic E-state index is 0.00553. The number of para-hydroxylation sites is 1. The molecule has 0 saturated heterocycles. The molecule has 5 heteroatoms. The Morgan fingerprint density at radius 1 is 0.711 bits per heavy atom. The van der Waals surface area contributed by atoms with Gasteiger partial charge in [0.2, 0.25) is 5.43 Å². The van der Waals surface area contributed by atoms with Crippen LogP contribution < -0.4 is 10.2 Å². The molecule has 0 amide bonds. The number of hydrogen-bond donors (Lipinski definition) is 0. The fraction of sp³-hybridized carbons (Fsp3) is 0.0606. The summed E-state index contributed by atoms with van der Waals surface area (Å²) >= 11 is 1.73. The van der Waals surface area contributed by atoms with Crippen LogP contribution in [0.2, 0.25) is 0 Å². The molecule has 3 aromatic heterocycles.